The van der Waals surface area contributed by atoms with E-state index < -0.39 is 0 Å². The van der Waals surface area contributed by atoms with Crippen LogP contribution >= 0.6 is 0 Å². The molecule has 1 amide bonds. The van der Waals surface area contributed by atoms with Gasteiger partial charge in [-0.25, -0.2) is 0 Å². The van der Waals surface area contributed by atoms with Gasteiger partial charge in [-0.2, -0.15) is 0 Å². The third-order valence-corrected chi connectivity index (χ3v) is 4.22. The lowest BCUT2D eigenvalue weighted by molar-refractivity contribution is -0.126. The summed E-state index contributed by atoms with van der Waals surface area (Å²) in [6, 6.07) is 8.70. The van der Waals surface area contributed by atoms with Crippen molar-refractivity contribution in [2.45, 2.75) is 25.2 Å². The number of carbonyl (C=O) groups excluding carboxylic acids is 1. The Labute approximate surface area is 114 Å². The normalized spacial score (nSPS) is 24.1. The predicted octanol–water partition coefficient (Wildman–Crippen LogP) is 1.74. The van der Waals surface area contributed by atoms with Gasteiger partial charge in [0.15, 0.2) is 0 Å². The van der Waals surface area contributed by atoms with E-state index in [2.05, 4.69) is 29.6 Å². The Morgan fingerprint density at radius 1 is 1.26 bits per heavy atom. The van der Waals surface area contributed by atoms with Crippen LogP contribution in [0.5, 0.6) is 0 Å². The number of rotatable bonds is 2. The quantitative estimate of drug-likeness (QED) is 0.878. The highest BCUT2D eigenvalue weighted by Crippen LogP contribution is 2.27. The highest BCUT2D eigenvalue weighted by atomic mass is 16.2. The van der Waals surface area contributed by atoms with E-state index in [9.17, 15) is 4.79 Å². The zero-order chi connectivity index (χ0) is 13.2. The summed E-state index contributed by atoms with van der Waals surface area (Å²) < 4.78 is 0. The van der Waals surface area contributed by atoms with Crippen molar-refractivity contribution in [2.24, 2.45) is 0 Å². The molecule has 1 unspecified atom stereocenters. The third-order valence-electron chi connectivity index (χ3n) is 4.22. The van der Waals surface area contributed by atoms with Crippen molar-refractivity contribution in [3.8, 4) is 0 Å². The van der Waals surface area contributed by atoms with Gasteiger partial charge >= 0.3 is 0 Å². The molecule has 0 aliphatic carbocycles. The fraction of sp³-hybridized carbons (Fsp3) is 0.533. The minimum Gasteiger partial charge on any atom is -0.316 e. The number of hydrogen-bond donors (Lipinski definition) is 1. The Morgan fingerprint density at radius 3 is 2.63 bits per heavy atom. The monoisotopic (exact) mass is 259 g/mol. The first-order valence-corrected chi connectivity index (χ1v) is 7.10. The Balaban J connectivity index is 1.73. The van der Waals surface area contributed by atoms with Crippen LogP contribution in [0.15, 0.2) is 24.3 Å². The smallest absolute Gasteiger partial charge is 0.242 e. The van der Waals surface area contributed by atoms with Gasteiger partial charge in [0, 0.05) is 26.6 Å². The molecule has 1 N–H and O–H groups in total. The summed E-state index contributed by atoms with van der Waals surface area (Å²) in [5.74, 6) is 0.835. The maximum atomic E-state index is 11.5. The van der Waals surface area contributed by atoms with Crippen LogP contribution in [0.3, 0.4) is 0 Å². The van der Waals surface area contributed by atoms with Crippen LogP contribution in [0.2, 0.25) is 0 Å². The van der Waals surface area contributed by atoms with Crippen molar-refractivity contribution in [1.29, 1.82) is 0 Å². The molecule has 1 atom stereocenters. The van der Waals surface area contributed by atoms with Crippen molar-refractivity contribution in [3.63, 3.8) is 0 Å². The van der Waals surface area contributed by atoms with Gasteiger partial charge in [-0.05, 0) is 43.0 Å². The molecule has 102 valence electrons. The van der Waals surface area contributed by atoms with Crippen LogP contribution in [-0.2, 0) is 4.79 Å². The lowest BCUT2D eigenvalue weighted by atomic mass is 9.91. The molecule has 4 nitrogen and oxygen atoms in total. The van der Waals surface area contributed by atoms with Gasteiger partial charge in [-0.1, -0.05) is 12.1 Å². The van der Waals surface area contributed by atoms with Crippen molar-refractivity contribution in [3.05, 3.63) is 29.8 Å². The number of carbonyl (C=O) groups is 1. The zero-order valence-electron chi connectivity index (χ0n) is 11.4. The summed E-state index contributed by atoms with van der Waals surface area (Å²) in [6.45, 7) is 3.02. The molecule has 0 bridgehead atoms. The topological polar surface area (TPSA) is 35.6 Å². The highest BCUT2D eigenvalue weighted by Gasteiger charge is 2.25. The summed E-state index contributed by atoms with van der Waals surface area (Å²) in [4.78, 5) is 11.5. The molecule has 19 heavy (non-hydrogen) atoms. The number of benzene rings is 1. The van der Waals surface area contributed by atoms with Crippen LogP contribution in [0.4, 0.5) is 5.69 Å². The maximum Gasteiger partial charge on any atom is 0.242 e. The van der Waals surface area contributed by atoms with Crippen LogP contribution in [0, 0.1) is 0 Å². The average molecular weight is 259 g/mol. The van der Waals surface area contributed by atoms with Gasteiger partial charge in [-0.15, -0.1) is 0 Å². The summed E-state index contributed by atoms with van der Waals surface area (Å²) in [6.07, 6.45) is 3.15. The number of hydrogen-bond acceptors (Lipinski definition) is 3. The Hall–Kier alpha value is -1.55. The van der Waals surface area contributed by atoms with E-state index in [0.717, 1.165) is 25.3 Å². The standard InChI is InChI=1S/C15H21N3O/c1-17-15(19)8-10-18(17)14-6-4-12(5-7-14)13-3-2-9-16-11-13/h4-7,13,16H,2-3,8-11H2,1H3. The van der Waals surface area contributed by atoms with Gasteiger partial charge in [0.05, 0.1) is 5.69 Å². The van der Waals surface area contributed by atoms with E-state index in [4.69, 9.17) is 0 Å². The molecule has 2 heterocycles. The van der Waals surface area contributed by atoms with Crippen molar-refractivity contribution in [1.82, 2.24) is 10.3 Å². The first-order valence-electron chi connectivity index (χ1n) is 7.10. The Morgan fingerprint density at radius 2 is 2.05 bits per heavy atom. The minimum atomic E-state index is 0.195. The van der Waals surface area contributed by atoms with Crippen LogP contribution in [0.1, 0.15) is 30.7 Å². The summed E-state index contributed by atoms with van der Waals surface area (Å²) in [5.41, 5.74) is 2.52. The lowest BCUT2D eigenvalue weighted by Crippen LogP contribution is -2.35. The first-order chi connectivity index (χ1) is 9.25. The maximum absolute atomic E-state index is 11.5. The molecule has 1 aromatic rings. The van der Waals surface area contributed by atoms with E-state index in [-0.39, 0.29) is 5.91 Å². The van der Waals surface area contributed by atoms with E-state index in [1.165, 1.54) is 18.4 Å². The van der Waals surface area contributed by atoms with Gasteiger partial charge in [0.1, 0.15) is 0 Å². The molecule has 0 spiro atoms. The van der Waals surface area contributed by atoms with Gasteiger partial charge in [0.2, 0.25) is 5.91 Å². The lowest BCUT2D eigenvalue weighted by Gasteiger charge is -2.27. The second-order valence-corrected chi connectivity index (χ2v) is 5.43. The number of hydrazine groups is 1. The van der Waals surface area contributed by atoms with E-state index in [0.29, 0.717) is 12.3 Å². The van der Waals surface area contributed by atoms with Gasteiger partial charge < -0.3 is 5.32 Å². The highest BCUT2D eigenvalue weighted by molar-refractivity contribution is 5.81. The number of nitrogens with zero attached hydrogens (tertiary/aromatic N) is 2. The number of nitrogens with one attached hydrogen (secondary N) is 1. The van der Waals surface area contributed by atoms with Crippen LogP contribution in [0.25, 0.3) is 0 Å². The average Bonchev–Trinajstić information content (AvgIpc) is 2.80. The number of anilines is 1. The zero-order valence-corrected chi connectivity index (χ0v) is 11.4. The molecule has 4 heteroatoms. The fourth-order valence-electron chi connectivity index (χ4n) is 3.01. The summed E-state index contributed by atoms with van der Waals surface area (Å²) in [7, 11) is 1.84. The molecule has 0 saturated carbocycles. The molecule has 2 aliphatic rings. The minimum absolute atomic E-state index is 0.195. The molecule has 1 aromatic carbocycles. The Kier molecular flexibility index (Phi) is 3.42. The SMILES string of the molecule is CN1C(=O)CCN1c1ccc(C2CCCNC2)cc1. The molecule has 0 aromatic heterocycles. The molecular formula is C15H21N3O. The second-order valence-electron chi connectivity index (χ2n) is 5.43. The Bertz CT molecular complexity index is 451. The van der Waals surface area contributed by atoms with Crippen LogP contribution < -0.4 is 10.3 Å². The fourth-order valence-corrected chi connectivity index (χ4v) is 3.01. The largest absolute Gasteiger partial charge is 0.316 e. The third kappa shape index (κ3) is 2.45. The molecule has 2 saturated heterocycles. The van der Waals surface area contributed by atoms with Crippen molar-refractivity contribution >= 4 is 11.6 Å². The molecule has 0 radical (unpaired) electrons. The molecular weight excluding hydrogens is 238 g/mol. The summed E-state index contributed by atoms with van der Waals surface area (Å²) >= 11 is 0. The van der Waals surface area contributed by atoms with Gasteiger partial charge in [0.25, 0.3) is 0 Å². The first kappa shape index (κ1) is 12.5. The van der Waals surface area contributed by atoms with E-state index in [1.54, 1.807) is 5.01 Å². The number of amides is 1. The van der Waals surface area contributed by atoms with E-state index >= 15 is 0 Å². The second kappa shape index (κ2) is 5.21. The molecule has 2 aliphatic heterocycles. The molecule has 3 rings (SSSR count). The summed E-state index contributed by atoms with van der Waals surface area (Å²) in [5, 5.41) is 7.22. The molecule has 2 fully saturated rings. The van der Waals surface area contributed by atoms with Crippen LogP contribution in [-0.4, -0.2) is 37.6 Å². The van der Waals surface area contributed by atoms with Crippen molar-refractivity contribution < 1.29 is 4.79 Å². The van der Waals surface area contributed by atoms with E-state index in [1.807, 2.05) is 12.1 Å². The van der Waals surface area contributed by atoms with Crippen molar-refractivity contribution in [2.75, 3.05) is 31.7 Å². The predicted molar refractivity (Wildman–Crippen MR) is 76.0 cm³/mol. The van der Waals surface area contributed by atoms with Gasteiger partial charge in [-0.3, -0.25) is 14.8 Å². The number of piperidine rings is 1.